The lowest BCUT2D eigenvalue weighted by Crippen LogP contribution is -2.35. The molecule has 1 rings (SSSR count). The Bertz CT molecular complexity index is 261. The molecule has 0 saturated carbocycles. The van der Waals surface area contributed by atoms with E-state index >= 15 is 0 Å². The molecule has 66 valence electrons. The Labute approximate surface area is 71.7 Å². The number of rotatable bonds is 1. The molecule has 1 aliphatic rings. The van der Waals surface area contributed by atoms with E-state index in [0.29, 0.717) is 11.3 Å². The maximum atomic E-state index is 11.2. The molecule has 0 amide bonds. The van der Waals surface area contributed by atoms with Crippen LogP contribution in [-0.4, -0.2) is 11.8 Å². The van der Waals surface area contributed by atoms with Crippen molar-refractivity contribution in [3.63, 3.8) is 0 Å². The first kappa shape index (κ1) is 8.84. The molecular formula is C9H12O3. The van der Waals surface area contributed by atoms with Gasteiger partial charge in [-0.05, 0) is 13.0 Å². The highest BCUT2D eigenvalue weighted by molar-refractivity contribution is 5.89. The van der Waals surface area contributed by atoms with E-state index in [1.807, 2.05) is 0 Å². The monoisotopic (exact) mass is 168 g/mol. The Morgan fingerprint density at radius 2 is 2.00 bits per heavy atom. The van der Waals surface area contributed by atoms with Crippen LogP contribution in [0.5, 0.6) is 0 Å². The minimum atomic E-state index is -0.875. The van der Waals surface area contributed by atoms with E-state index < -0.39 is 5.79 Å². The van der Waals surface area contributed by atoms with E-state index in [0.717, 1.165) is 0 Å². The van der Waals surface area contributed by atoms with E-state index in [4.69, 9.17) is 9.47 Å². The molecule has 0 aromatic heterocycles. The van der Waals surface area contributed by atoms with Crippen molar-refractivity contribution in [3.8, 4) is 0 Å². The third-order valence-electron chi connectivity index (χ3n) is 1.56. The first-order valence-corrected chi connectivity index (χ1v) is 3.72. The molecule has 0 aliphatic carbocycles. The van der Waals surface area contributed by atoms with Crippen LogP contribution in [0.1, 0.15) is 20.8 Å². The van der Waals surface area contributed by atoms with Crippen LogP contribution in [0.2, 0.25) is 0 Å². The van der Waals surface area contributed by atoms with Crippen LogP contribution in [-0.2, 0) is 14.3 Å². The Kier molecular flexibility index (Phi) is 1.96. The highest BCUT2D eigenvalue weighted by Crippen LogP contribution is 2.26. The predicted octanol–water partition coefficient (Wildman–Crippen LogP) is 1.76. The van der Waals surface area contributed by atoms with Crippen LogP contribution < -0.4 is 0 Å². The van der Waals surface area contributed by atoms with Gasteiger partial charge in [-0.25, -0.2) is 4.79 Å². The van der Waals surface area contributed by atoms with Gasteiger partial charge in [0.1, 0.15) is 5.76 Å². The number of carbonyl (C=O) groups is 1. The third-order valence-corrected chi connectivity index (χ3v) is 1.56. The second-order valence-corrected chi connectivity index (χ2v) is 3.08. The van der Waals surface area contributed by atoms with Crippen molar-refractivity contribution in [1.82, 2.24) is 0 Å². The summed E-state index contributed by atoms with van der Waals surface area (Å²) in [4.78, 5) is 11.2. The van der Waals surface area contributed by atoms with Crippen molar-refractivity contribution in [2.75, 3.05) is 0 Å². The Balaban J connectivity index is 3.03. The first-order chi connectivity index (χ1) is 5.46. The SMILES string of the molecule is C=CC1=C(C)C(=O)OC(C)(C)O1. The molecule has 0 aromatic carbocycles. The molecule has 0 aromatic rings. The van der Waals surface area contributed by atoms with Crippen molar-refractivity contribution in [2.45, 2.75) is 26.6 Å². The molecule has 12 heavy (non-hydrogen) atoms. The van der Waals surface area contributed by atoms with Gasteiger partial charge in [-0.3, -0.25) is 0 Å². The van der Waals surface area contributed by atoms with Gasteiger partial charge in [0.25, 0.3) is 0 Å². The summed E-state index contributed by atoms with van der Waals surface area (Å²) in [5.74, 6) is -0.725. The number of cyclic esters (lactones) is 1. The van der Waals surface area contributed by atoms with Gasteiger partial charge in [-0.2, -0.15) is 0 Å². The van der Waals surface area contributed by atoms with Crippen molar-refractivity contribution in [3.05, 3.63) is 24.0 Å². The van der Waals surface area contributed by atoms with Gasteiger partial charge < -0.3 is 9.47 Å². The van der Waals surface area contributed by atoms with E-state index in [1.165, 1.54) is 6.08 Å². The van der Waals surface area contributed by atoms with E-state index in [-0.39, 0.29) is 5.97 Å². The highest BCUT2D eigenvalue weighted by Gasteiger charge is 2.32. The average molecular weight is 168 g/mol. The molecule has 3 nitrogen and oxygen atoms in total. The van der Waals surface area contributed by atoms with E-state index in [2.05, 4.69) is 6.58 Å². The zero-order chi connectivity index (χ0) is 9.35. The summed E-state index contributed by atoms with van der Waals surface area (Å²) in [5.41, 5.74) is 0.462. The normalized spacial score (nSPS) is 21.4. The van der Waals surface area contributed by atoms with Gasteiger partial charge in [-0.15, -0.1) is 0 Å². The number of allylic oxidation sites excluding steroid dienone is 1. The summed E-state index contributed by atoms with van der Waals surface area (Å²) >= 11 is 0. The molecule has 0 bridgehead atoms. The second-order valence-electron chi connectivity index (χ2n) is 3.08. The molecule has 0 saturated heterocycles. The standard InChI is InChI=1S/C9H12O3/c1-5-7-6(2)8(10)12-9(3,4)11-7/h5H,1H2,2-4H3. The molecular weight excluding hydrogens is 156 g/mol. The molecule has 0 unspecified atom stereocenters. The molecule has 0 fully saturated rings. The topological polar surface area (TPSA) is 35.5 Å². The summed E-state index contributed by atoms with van der Waals surface area (Å²) in [5, 5.41) is 0. The van der Waals surface area contributed by atoms with Crippen LogP contribution >= 0.6 is 0 Å². The molecule has 0 radical (unpaired) electrons. The fraction of sp³-hybridized carbons (Fsp3) is 0.444. The predicted molar refractivity (Wildman–Crippen MR) is 44.2 cm³/mol. The zero-order valence-corrected chi connectivity index (χ0v) is 7.51. The second kappa shape index (κ2) is 2.66. The van der Waals surface area contributed by atoms with Crippen LogP contribution in [0, 0.1) is 0 Å². The van der Waals surface area contributed by atoms with Crippen molar-refractivity contribution < 1.29 is 14.3 Å². The molecule has 0 N–H and O–H groups in total. The largest absolute Gasteiger partial charge is 0.452 e. The van der Waals surface area contributed by atoms with Gasteiger partial charge in [0, 0.05) is 13.8 Å². The van der Waals surface area contributed by atoms with Gasteiger partial charge in [-0.1, -0.05) is 6.58 Å². The Morgan fingerprint density at radius 3 is 2.50 bits per heavy atom. The molecule has 1 heterocycles. The summed E-state index contributed by atoms with van der Waals surface area (Å²) in [7, 11) is 0. The van der Waals surface area contributed by atoms with Gasteiger partial charge >= 0.3 is 5.97 Å². The molecule has 1 aliphatic heterocycles. The van der Waals surface area contributed by atoms with Crippen molar-refractivity contribution in [2.24, 2.45) is 0 Å². The van der Waals surface area contributed by atoms with Crippen LogP contribution in [0.25, 0.3) is 0 Å². The fourth-order valence-corrected chi connectivity index (χ4v) is 0.957. The Morgan fingerprint density at radius 1 is 1.42 bits per heavy atom. The average Bonchev–Trinajstić information content (AvgIpc) is 1.96. The van der Waals surface area contributed by atoms with E-state index in [9.17, 15) is 4.79 Å². The van der Waals surface area contributed by atoms with Crippen molar-refractivity contribution in [1.29, 1.82) is 0 Å². The maximum absolute atomic E-state index is 11.2. The number of hydrogen-bond donors (Lipinski definition) is 0. The van der Waals surface area contributed by atoms with Crippen LogP contribution in [0.15, 0.2) is 24.0 Å². The van der Waals surface area contributed by atoms with Crippen LogP contribution in [0.4, 0.5) is 0 Å². The summed E-state index contributed by atoms with van der Waals surface area (Å²) < 4.78 is 10.3. The minimum Gasteiger partial charge on any atom is -0.452 e. The summed E-state index contributed by atoms with van der Waals surface area (Å²) in [6.07, 6.45) is 1.51. The quantitative estimate of drug-likeness (QED) is 0.559. The Hall–Kier alpha value is -1.25. The third kappa shape index (κ3) is 1.49. The lowest BCUT2D eigenvalue weighted by Gasteiger charge is -2.31. The van der Waals surface area contributed by atoms with Crippen molar-refractivity contribution >= 4 is 5.97 Å². The molecule has 0 spiro atoms. The minimum absolute atomic E-state index is 0.346. The summed E-state index contributed by atoms with van der Waals surface area (Å²) in [6.45, 7) is 8.55. The van der Waals surface area contributed by atoms with Gasteiger partial charge in [0.05, 0.1) is 5.57 Å². The first-order valence-electron chi connectivity index (χ1n) is 3.72. The molecule has 0 atom stereocenters. The fourth-order valence-electron chi connectivity index (χ4n) is 0.957. The van der Waals surface area contributed by atoms with E-state index in [1.54, 1.807) is 20.8 Å². The lowest BCUT2D eigenvalue weighted by atomic mass is 10.2. The smallest absolute Gasteiger partial charge is 0.340 e. The highest BCUT2D eigenvalue weighted by atomic mass is 16.7. The number of hydrogen-bond acceptors (Lipinski definition) is 3. The number of esters is 1. The lowest BCUT2D eigenvalue weighted by molar-refractivity contribution is -0.205. The number of ether oxygens (including phenoxy) is 2. The summed E-state index contributed by atoms with van der Waals surface area (Å²) in [6, 6.07) is 0. The zero-order valence-electron chi connectivity index (χ0n) is 7.51. The number of carbonyl (C=O) groups excluding carboxylic acids is 1. The molecule has 3 heteroatoms. The van der Waals surface area contributed by atoms with Crippen LogP contribution in [0.3, 0.4) is 0 Å². The maximum Gasteiger partial charge on any atom is 0.340 e. The van der Waals surface area contributed by atoms with Gasteiger partial charge in [0.2, 0.25) is 5.79 Å². The van der Waals surface area contributed by atoms with Gasteiger partial charge in [0.15, 0.2) is 0 Å².